The number of likely N-dealkylation sites (N-methyl/N-ethyl adjacent to an activating group) is 1. The number of aliphatic hydroxyl groups is 1. The smallest absolute Gasteiger partial charge is 0.199 e. The monoisotopic (exact) mass is 290 g/mol. The van der Waals surface area contributed by atoms with Crippen molar-refractivity contribution in [3.05, 3.63) is 35.5 Å². The van der Waals surface area contributed by atoms with E-state index in [0.29, 0.717) is 13.1 Å². The van der Waals surface area contributed by atoms with Crippen molar-refractivity contribution in [3.63, 3.8) is 0 Å². The topological polar surface area (TPSA) is 28.4 Å². The Balaban J connectivity index is 2.37. The van der Waals surface area contributed by atoms with Crippen LogP contribution >= 0.6 is 0 Å². The predicted octanol–water partition coefficient (Wildman–Crippen LogP) is 2.12. The number of benzene rings is 1. The number of nitrogens with zero attached hydrogens (tertiary/aromatic N) is 2. The third-order valence-corrected chi connectivity index (χ3v) is 3.19. The van der Waals surface area contributed by atoms with Crippen LogP contribution in [0.2, 0.25) is 0 Å². The summed E-state index contributed by atoms with van der Waals surface area (Å²) in [4.78, 5) is 1.78. The molecule has 1 aromatic carbocycles. The van der Waals surface area contributed by atoms with Crippen LogP contribution in [-0.2, 0) is 6.54 Å². The van der Waals surface area contributed by atoms with E-state index in [9.17, 15) is 17.6 Å². The number of halogens is 4. The number of hydrogen-bond donors (Lipinski definition) is 1. The molecule has 0 radical (unpaired) electrons. The van der Waals surface area contributed by atoms with Crippen LogP contribution in [0.4, 0.5) is 17.6 Å². The molecular weight excluding hydrogens is 276 g/mol. The first kappa shape index (κ1) is 14.8. The summed E-state index contributed by atoms with van der Waals surface area (Å²) >= 11 is 0. The highest BCUT2D eigenvalue weighted by Crippen LogP contribution is 2.27. The van der Waals surface area contributed by atoms with Crippen molar-refractivity contribution < 1.29 is 22.7 Å². The van der Waals surface area contributed by atoms with Gasteiger partial charge in [0.1, 0.15) is 0 Å². The quantitative estimate of drug-likeness (QED) is 0.519. The van der Waals surface area contributed by atoms with Crippen LogP contribution in [0.15, 0.2) is 12.3 Å². The van der Waals surface area contributed by atoms with Crippen molar-refractivity contribution >= 4 is 10.9 Å². The fourth-order valence-electron chi connectivity index (χ4n) is 2.06. The van der Waals surface area contributed by atoms with E-state index in [-0.39, 0.29) is 24.1 Å². The Morgan fingerprint density at radius 3 is 2.35 bits per heavy atom. The van der Waals surface area contributed by atoms with E-state index in [1.54, 1.807) is 11.9 Å². The van der Waals surface area contributed by atoms with Crippen molar-refractivity contribution in [2.24, 2.45) is 0 Å². The normalized spacial score (nSPS) is 11.8. The minimum absolute atomic E-state index is 0.0221. The fourth-order valence-corrected chi connectivity index (χ4v) is 2.06. The molecule has 0 saturated heterocycles. The molecule has 2 rings (SSSR count). The van der Waals surface area contributed by atoms with Crippen molar-refractivity contribution in [3.8, 4) is 0 Å². The first-order valence-electron chi connectivity index (χ1n) is 6.07. The van der Waals surface area contributed by atoms with E-state index in [2.05, 4.69) is 0 Å². The third-order valence-electron chi connectivity index (χ3n) is 3.19. The van der Waals surface area contributed by atoms with Crippen molar-refractivity contribution in [1.29, 1.82) is 0 Å². The van der Waals surface area contributed by atoms with Crippen molar-refractivity contribution in [2.75, 3.05) is 26.7 Å². The van der Waals surface area contributed by atoms with Gasteiger partial charge in [0.05, 0.1) is 12.1 Å². The summed E-state index contributed by atoms with van der Waals surface area (Å²) in [5, 5.41) is 8.48. The molecule has 1 N–H and O–H groups in total. The number of fused-ring (bicyclic) bond motifs is 1. The lowest BCUT2D eigenvalue weighted by Crippen LogP contribution is -2.26. The highest BCUT2D eigenvalue weighted by Gasteiger charge is 2.22. The van der Waals surface area contributed by atoms with Gasteiger partial charge in [0, 0.05) is 31.2 Å². The van der Waals surface area contributed by atoms with Crippen LogP contribution in [0.5, 0.6) is 0 Å². The molecule has 1 aromatic heterocycles. The summed E-state index contributed by atoms with van der Waals surface area (Å²) in [5.74, 6) is -6.39. The summed E-state index contributed by atoms with van der Waals surface area (Å²) in [6.45, 7) is 1.12. The minimum atomic E-state index is -1.81. The van der Waals surface area contributed by atoms with E-state index >= 15 is 0 Å². The van der Waals surface area contributed by atoms with Crippen LogP contribution < -0.4 is 0 Å². The zero-order valence-corrected chi connectivity index (χ0v) is 10.8. The number of aromatic nitrogens is 1. The molecule has 0 aliphatic carbocycles. The molecule has 7 heteroatoms. The Morgan fingerprint density at radius 2 is 1.70 bits per heavy atom. The number of rotatable bonds is 5. The van der Waals surface area contributed by atoms with Gasteiger partial charge in [-0.2, -0.15) is 0 Å². The lowest BCUT2D eigenvalue weighted by atomic mass is 10.2. The van der Waals surface area contributed by atoms with Crippen LogP contribution in [0.1, 0.15) is 0 Å². The second kappa shape index (κ2) is 5.80. The molecule has 0 saturated carbocycles. The van der Waals surface area contributed by atoms with E-state index in [1.165, 1.54) is 16.8 Å². The molecule has 20 heavy (non-hydrogen) atoms. The summed E-state index contributed by atoms with van der Waals surface area (Å²) < 4.78 is 55.0. The Hall–Kier alpha value is -1.60. The molecule has 3 nitrogen and oxygen atoms in total. The fraction of sp³-hybridized carbons (Fsp3) is 0.385. The van der Waals surface area contributed by atoms with Crippen LogP contribution in [-0.4, -0.2) is 41.3 Å². The molecule has 0 aliphatic heterocycles. The second-order valence-corrected chi connectivity index (χ2v) is 4.55. The molecule has 0 bridgehead atoms. The van der Waals surface area contributed by atoms with Gasteiger partial charge in [0.25, 0.3) is 0 Å². The lowest BCUT2D eigenvalue weighted by Gasteiger charge is -2.16. The maximum Gasteiger partial charge on any atom is 0.199 e. The van der Waals surface area contributed by atoms with Gasteiger partial charge >= 0.3 is 0 Å². The summed E-state index contributed by atoms with van der Waals surface area (Å²) in [7, 11) is 1.75. The molecule has 0 aliphatic rings. The predicted molar refractivity (Wildman–Crippen MR) is 66.4 cm³/mol. The highest BCUT2D eigenvalue weighted by molar-refractivity contribution is 5.81. The Morgan fingerprint density at radius 1 is 1.05 bits per heavy atom. The number of hydrogen-bond acceptors (Lipinski definition) is 2. The van der Waals surface area contributed by atoms with Crippen LogP contribution in [0, 0.1) is 23.3 Å². The molecule has 0 atom stereocenters. The van der Waals surface area contributed by atoms with Gasteiger partial charge in [0.15, 0.2) is 23.3 Å². The standard InChI is InChI=1S/C13H14F4N2O/c1-18(6-7-20)4-5-19-3-2-8-9(14)10(15)11(16)12(17)13(8)19/h2-3,20H,4-7H2,1H3. The molecule has 0 unspecified atom stereocenters. The second-order valence-electron chi connectivity index (χ2n) is 4.55. The third kappa shape index (κ3) is 2.51. The van der Waals surface area contributed by atoms with Gasteiger partial charge in [-0.05, 0) is 13.1 Å². The largest absolute Gasteiger partial charge is 0.395 e. The Kier molecular flexibility index (Phi) is 4.29. The zero-order valence-electron chi connectivity index (χ0n) is 10.8. The SMILES string of the molecule is CN(CCO)CCn1ccc2c(F)c(F)c(F)c(F)c21. The zero-order chi connectivity index (χ0) is 14.9. The van der Waals surface area contributed by atoms with Gasteiger partial charge in [-0.1, -0.05) is 0 Å². The van der Waals surface area contributed by atoms with Gasteiger partial charge < -0.3 is 14.6 Å². The van der Waals surface area contributed by atoms with E-state index in [1.807, 2.05) is 0 Å². The van der Waals surface area contributed by atoms with Gasteiger partial charge in [-0.3, -0.25) is 0 Å². The van der Waals surface area contributed by atoms with Gasteiger partial charge in [-0.15, -0.1) is 0 Å². The first-order valence-corrected chi connectivity index (χ1v) is 6.07. The summed E-state index contributed by atoms with van der Waals surface area (Å²) in [5.41, 5.74) is -0.293. The molecular formula is C13H14F4N2O. The van der Waals surface area contributed by atoms with Crippen LogP contribution in [0.25, 0.3) is 10.9 Å². The Labute approximate surface area is 113 Å². The molecule has 110 valence electrons. The first-order chi connectivity index (χ1) is 9.47. The van der Waals surface area contributed by atoms with Crippen LogP contribution in [0.3, 0.4) is 0 Å². The van der Waals surface area contributed by atoms with Gasteiger partial charge in [0.2, 0.25) is 0 Å². The highest BCUT2D eigenvalue weighted by atomic mass is 19.2. The average molecular weight is 290 g/mol. The van der Waals surface area contributed by atoms with E-state index < -0.39 is 23.3 Å². The van der Waals surface area contributed by atoms with Crippen molar-refractivity contribution in [2.45, 2.75) is 6.54 Å². The van der Waals surface area contributed by atoms with Gasteiger partial charge in [-0.25, -0.2) is 17.6 Å². The van der Waals surface area contributed by atoms with Crippen molar-refractivity contribution in [1.82, 2.24) is 9.47 Å². The average Bonchev–Trinajstić information content (AvgIpc) is 2.85. The maximum absolute atomic E-state index is 13.7. The molecule has 0 spiro atoms. The van der Waals surface area contributed by atoms with E-state index in [0.717, 1.165) is 0 Å². The lowest BCUT2D eigenvalue weighted by molar-refractivity contribution is 0.217. The minimum Gasteiger partial charge on any atom is -0.395 e. The van der Waals surface area contributed by atoms with E-state index in [4.69, 9.17) is 5.11 Å². The molecule has 1 heterocycles. The molecule has 2 aromatic rings. The number of aliphatic hydroxyl groups excluding tert-OH is 1. The molecule has 0 amide bonds. The summed E-state index contributed by atoms with van der Waals surface area (Å²) in [6.07, 6.45) is 1.38. The Bertz CT molecular complexity index is 627. The summed E-state index contributed by atoms with van der Waals surface area (Å²) in [6, 6.07) is 1.21. The molecule has 0 fully saturated rings. The maximum atomic E-state index is 13.7.